The highest BCUT2D eigenvalue weighted by atomic mass is 32.2. The Bertz CT molecular complexity index is 1840. The van der Waals surface area contributed by atoms with Crippen molar-refractivity contribution in [2.45, 2.75) is 24.3 Å². The Labute approximate surface area is 255 Å². The van der Waals surface area contributed by atoms with Crippen molar-refractivity contribution in [2.75, 3.05) is 18.6 Å². The predicted octanol–water partition coefficient (Wildman–Crippen LogP) is 6.23. The number of nitrogens with one attached hydrogen (secondary N) is 2. The Morgan fingerprint density at radius 1 is 0.907 bits per heavy atom. The van der Waals surface area contributed by atoms with Crippen LogP contribution in [-0.2, 0) is 21.2 Å². The molecular weight excluding hydrogens is 583 g/mol. The third-order valence-electron chi connectivity index (χ3n) is 7.02. The molecule has 5 aromatic rings. The second kappa shape index (κ2) is 13.1. The number of rotatable bonds is 10. The standard InChI is InChI=1S/C33H31N3O5S2/c1-3-36(25-16-18-26(41-2)19-17-25)32(37)30(20-23-10-5-4-6-11-23)34-33(38)35-43(39,40)27-13-9-12-24(21-27)29-22-42-31-15-8-7-14-28(29)31/h4-19,21-22,30H,3,20H2,1-2H3,(H2,34,35,38). The number of hydrogen-bond donors (Lipinski definition) is 2. The fraction of sp³-hybridized carbons (Fsp3) is 0.152. The molecule has 0 aliphatic heterocycles. The minimum Gasteiger partial charge on any atom is -0.497 e. The van der Waals surface area contributed by atoms with Crippen LogP contribution in [0.25, 0.3) is 21.2 Å². The van der Waals surface area contributed by atoms with E-state index in [1.54, 1.807) is 54.8 Å². The molecule has 1 unspecified atom stereocenters. The summed E-state index contributed by atoms with van der Waals surface area (Å²) >= 11 is 1.58. The molecule has 0 spiro atoms. The number of carbonyl (C=O) groups is 2. The van der Waals surface area contributed by atoms with E-state index in [0.717, 1.165) is 26.8 Å². The predicted molar refractivity (Wildman–Crippen MR) is 171 cm³/mol. The molecule has 2 N–H and O–H groups in total. The number of thiophene rings is 1. The fourth-order valence-electron chi connectivity index (χ4n) is 4.87. The van der Waals surface area contributed by atoms with Gasteiger partial charge in [0.05, 0.1) is 12.0 Å². The van der Waals surface area contributed by atoms with E-state index in [-0.39, 0.29) is 17.2 Å². The number of benzene rings is 4. The Balaban J connectivity index is 1.37. The SMILES string of the molecule is CCN(C(=O)C(Cc1ccccc1)NC(=O)NS(=O)(=O)c1cccc(-c2csc3ccccc23)c1)c1ccc(OC)cc1. The number of methoxy groups -OCH3 is 1. The maximum atomic E-state index is 13.8. The number of nitrogens with zero attached hydrogens (tertiary/aromatic N) is 1. The van der Waals surface area contributed by atoms with Crippen LogP contribution in [0.15, 0.2) is 113 Å². The van der Waals surface area contributed by atoms with Gasteiger partial charge in [0.25, 0.3) is 10.0 Å². The number of carbonyl (C=O) groups excluding carboxylic acids is 2. The first kappa shape index (κ1) is 29.8. The first-order valence-electron chi connectivity index (χ1n) is 13.7. The highest BCUT2D eigenvalue weighted by Crippen LogP contribution is 2.34. The Kier molecular flexibility index (Phi) is 9.08. The summed E-state index contributed by atoms with van der Waals surface area (Å²) in [6, 6.07) is 28.6. The van der Waals surface area contributed by atoms with Gasteiger partial charge >= 0.3 is 6.03 Å². The van der Waals surface area contributed by atoms with Gasteiger partial charge in [-0.15, -0.1) is 11.3 Å². The van der Waals surface area contributed by atoms with Crippen LogP contribution in [0.4, 0.5) is 10.5 Å². The molecule has 8 nitrogen and oxygen atoms in total. The van der Waals surface area contributed by atoms with Gasteiger partial charge in [0.2, 0.25) is 5.91 Å². The van der Waals surface area contributed by atoms with E-state index in [4.69, 9.17) is 4.74 Å². The monoisotopic (exact) mass is 613 g/mol. The lowest BCUT2D eigenvalue weighted by Gasteiger charge is -2.27. The Morgan fingerprint density at radius 3 is 2.35 bits per heavy atom. The molecular formula is C33H31N3O5S2. The zero-order valence-electron chi connectivity index (χ0n) is 23.7. The van der Waals surface area contributed by atoms with Gasteiger partial charge in [0.15, 0.2) is 0 Å². The first-order chi connectivity index (χ1) is 20.8. The molecule has 5 rings (SSSR count). The Morgan fingerprint density at radius 2 is 1.63 bits per heavy atom. The summed E-state index contributed by atoms with van der Waals surface area (Å²) in [7, 11) is -2.69. The average molecular weight is 614 g/mol. The molecule has 3 amide bonds. The van der Waals surface area contributed by atoms with Crippen LogP contribution < -0.4 is 19.7 Å². The third kappa shape index (κ3) is 6.87. The van der Waals surface area contributed by atoms with Crippen LogP contribution in [-0.4, -0.2) is 40.1 Å². The molecule has 0 saturated heterocycles. The van der Waals surface area contributed by atoms with Crippen LogP contribution >= 0.6 is 11.3 Å². The molecule has 0 bridgehead atoms. The molecule has 0 aliphatic rings. The van der Waals surface area contributed by atoms with Crippen molar-refractivity contribution in [3.8, 4) is 16.9 Å². The smallest absolute Gasteiger partial charge is 0.329 e. The van der Waals surface area contributed by atoms with E-state index < -0.39 is 22.1 Å². The molecule has 1 aromatic heterocycles. The molecule has 0 aliphatic carbocycles. The second-order valence-electron chi connectivity index (χ2n) is 9.78. The number of sulfonamides is 1. The number of hydrogen-bond acceptors (Lipinski definition) is 6. The van der Waals surface area contributed by atoms with Crippen LogP contribution in [0.2, 0.25) is 0 Å². The number of fused-ring (bicyclic) bond motifs is 1. The highest BCUT2D eigenvalue weighted by Gasteiger charge is 2.28. The molecule has 43 heavy (non-hydrogen) atoms. The van der Waals surface area contributed by atoms with Gasteiger partial charge in [0.1, 0.15) is 11.8 Å². The Hall–Kier alpha value is -4.67. The molecule has 220 valence electrons. The summed E-state index contributed by atoms with van der Waals surface area (Å²) in [6.45, 7) is 2.16. The number of anilines is 1. The molecule has 1 atom stereocenters. The molecule has 0 fully saturated rings. The van der Waals surface area contributed by atoms with Gasteiger partial charge in [-0.2, -0.15) is 0 Å². The van der Waals surface area contributed by atoms with Gasteiger partial charge < -0.3 is 15.0 Å². The van der Waals surface area contributed by atoms with E-state index in [0.29, 0.717) is 18.0 Å². The van der Waals surface area contributed by atoms with Crippen molar-refractivity contribution >= 4 is 49.1 Å². The van der Waals surface area contributed by atoms with Crippen molar-refractivity contribution in [3.05, 3.63) is 114 Å². The minimum absolute atomic E-state index is 0.0604. The van der Waals surface area contributed by atoms with Crippen molar-refractivity contribution in [1.82, 2.24) is 10.0 Å². The number of amides is 3. The van der Waals surface area contributed by atoms with Gasteiger partial charge in [-0.1, -0.05) is 60.7 Å². The maximum Gasteiger partial charge on any atom is 0.329 e. The van der Waals surface area contributed by atoms with Crippen molar-refractivity contribution in [1.29, 1.82) is 0 Å². The molecule has 10 heteroatoms. The lowest BCUT2D eigenvalue weighted by atomic mass is 10.0. The van der Waals surface area contributed by atoms with E-state index in [1.165, 1.54) is 11.0 Å². The van der Waals surface area contributed by atoms with E-state index in [2.05, 4.69) is 10.0 Å². The highest BCUT2D eigenvalue weighted by molar-refractivity contribution is 7.90. The summed E-state index contributed by atoms with van der Waals surface area (Å²) < 4.78 is 35.1. The molecule has 0 radical (unpaired) electrons. The summed E-state index contributed by atoms with van der Waals surface area (Å²) in [4.78, 5) is 28.4. The zero-order chi connectivity index (χ0) is 30.4. The lowest BCUT2D eigenvalue weighted by Crippen LogP contribution is -2.53. The van der Waals surface area contributed by atoms with Crippen LogP contribution in [0.1, 0.15) is 12.5 Å². The average Bonchev–Trinajstić information content (AvgIpc) is 3.46. The normalized spacial score (nSPS) is 12.0. The third-order valence-corrected chi connectivity index (χ3v) is 9.31. The number of likely N-dealkylation sites (N-methyl/N-ethyl adjacent to an activating group) is 1. The molecule has 1 heterocycles. The zero-order valence-corrected chi connectivity index (χ0v) is 25.3. The van der Waals surface area contributed by atoms with Crippen LogP contribution in [0.5, 0.6) is 5.75 Å². The fourth-order valence-corrected chi connectivity index (χ4v) is 6.80. The van der Waals surface area contributed by atoms with Crippen molar-refractivity contribution < 1.29 is 22.7 Å². The summed E-state index contributed by atoms with van der Waals surface area (Å²) in [6.07, 6.45) is 0.167. The first-order valence-corrected chi connectivity index (χ1v) is 16.0. The number of urea groups is 1. The van der Waals surface area contributed by atoms with Crippen LogP contribution in [0, 0.1) is 0 Å². The maximum absolute atomic E-state index is 13.8. The van der Waals surface area contributed by atoms with E-state index >= 15 is 0 Å². The van der Waals surface area contributed by atoms with Gasteiger partial charge in [-0.25, -0.2) is 17.9 Å². The van der Waals surface area contributed by atoms with Crippen molar-refractivity contribution in [2.24, 2.45) is 0 Å². The summed E-state index contributed by atoms with van der Waals surface area (Å²) in [5.74, 6) is 0.266. The number of ether oxygens (including phenoxy) is 1. The largest absolute Gasteiger partial charge is 0.497 e. The van der Waals surface area contributed by atoms with Gasteiger partial charge in [-0.3, -0.25) is 4.79 Å². The van der Waals surface area contributed by atoms with Gasteiger partial charge in [0, 0.05) is 34.3 Å². The second-order valence-corrected chi connectivity index (χ2v) is 12.4. The minimum atomic E-state index is -4.25. The molecule has 4 aromatic carbocycles. The van der Waals surface area contributed by atoms with Gasteiger partial charge in [-0.05, 0) is 65.9 Å². The molecule has 0 saturated carbocycles. The van der Waals surface area contributed by atoms with E-state index in [1.807, 2.05) is 73.0 Å². The van der Waals surface area contributed by atoms with Crippen molar-refractivity contribution in [3.63, 3.8) is 0 Å². The summed E-state index contributed by atoms with van der Waals surface area (Å²) in [5, 5.41) is 5.63. The van der Waals surface area contributed by atoms with E-state index in [9.17, 15) is 18.0 Å². The summed E-state index contributed by atoms with van der Waals surface area (Å²) in [5.41, 5.74) is 3.06. The lowest BCUT2D eigenvalue weighted by molar-refractivity contribution is -0.120. The van der Waals surface area contributed by atoms with Crippen LogP contribution in [0.3, 0.4) is 0 Å². The topological polar surface area (TPSA) is 105 Å². The quantitative estimate of drug-likeness (QED) is 0.194.